The zero-order valence-electron chi connectivity index (χ0n) is 14.0. The summed E-state index contributed by atoms with van der Waals surface area (Å²) in [7, 11) is 3.23. The van der Waals surface area contributed by atoms with Crippen LogP contribution in [-0.2, 0) is 6.54 Å². The molecule has 0 aliphatic carbocycles. The van der Waals surface area contributed by atoms with Crippen LogP contribution in [0.1, 0.15) is 11.3 Å². The third-order valence-corrected chi connectivity index (χ3v) is 4.08. The molecule has 0 radical (unpaired) electrons. The molecule has 0 aliphatic rings. The SMILES string of the molecule is COc1ccc(NCc2c(C)[nH]c3ccc(OC)cc3c2=O)cc1. The monoisotopic (exact) mass is 324 g/mol. The molecule has 0 saturated carbocycles. The number of pyridine rings is 1. The molecule has 124 valence electrons. The van der Waals surface area contributed by atoms with Crippen LogP contribution in [0.25, 0.3) is 10.9 Å². The Hall–Kier alpha value is -2.95. The fourth-order valence-electron chi connectivity index (χ4n) is 2.67. The van der Waals surface area contributed by atoms with Crippen LogP contribution in [0.4, 0.5) is 5.69 Å². The second-order valence-electron chi connectivity index (χ2n) is 5.55. The average molecular weight is 324 g/mol. The van der Waals surface area contributed by atoms with E-state index >= 15 is 0 Å². The average Bonchev–Trinajstić information content (AvgIpc) is 2.62. The number of ether oxygens (including phenoxy) is 2. The molecule has 0 atom stereocenters. The van der Waals surface area contributed by atoms with Gasteiger partial charge in [-0.15, -0.1) is 0 Å². The highest BCUT2D eigenvalue weighted by Gasteiger charge is 2.10. The highest BCUT2D eigenvalue weighted by atomic mass is 16.5. The normalized spacial score (nSPS) is 10.6. The second-order valence-corrected chi connectivity index (χ2v) is 5.55. The van der Waals surface area contributed by atoms with Crippen LogP contribution >= 0.6 is 0 Å². The number of aromatic amines is 1. The van der Waals surface area contributed by atoms with E-state index in [9.17, 15) is 4.79 Å². The Bertz CT molecular complexity index is 914. The topological polar surface area (TPSA) is 63.4 Å². The van der Waals surface area contributed by atoms with Crippen molar-refractivity contribution in [2.75, 3.05) is 19.5 Å². The van der Waals surface area contributed by atoms with Crippen molar-refractivity contribution in [2.24, 2.45) is 0 Å². The van der Waals surface area contributed by atoms with Gasteiger partial charge in [0.1, 0.15) is 11.5 Å². The van der Waals surface area contributed by atoms with Gasteiger partial charge < -0.3 is 19.8 Å². The molecule has 1 aromatic heterocycles. The van der Waals surface area contributed by atoms with Crippen LogP contribution in [-0.4, -0.2) is 19.2 Å². The third kappa shape index (κ3) is 3.06. The molecule has 1 heterocycles. The van der Waals surface area contributed by atoms with E-state index < -0.39 is 0 Å². The van der Waals surface area contributed by atoms with E-state index in [-0.39, 0.29) is 5.43 Å². The van der Waals surface area contributed by atoms with E-state index in [2.05, 4.69) is 10.3 Å². The summed E-state index contributed by atoms with van der Waals surface area (Å²) in [6.45, 7) is 2.36. The van der Waals surface area contributed by atoms with Crippen LogP contribution in [0.5, 0.6) is 11.5 Å². The molecule has 0 amide bonds. The number of aryl methyl sites for hydroxylation is 1. The van der Waals surface area contributed by atoms with E-state index in [1.165, 1.54) is 0 Å². The molecule has 2 N–H and O–H groups in total. The van der Waals surface area contributed by atoms with Crippen LogP contribution in [0.3, 0.4) is 0 Å². The predicted octanol–water partition coefficient (Wildman–Crippen LogP) is 3.47. The van der Waals surface area contributed by atoms with E-state index in [0.717, 1.165) is 22.6 Å². The van der Waals surface area contributed by atoms with E-state index in [1.54, 1.807) is 20.3 Å². The molecule has 3 aromatic rings. The Morgan fingerprint density at radius 2 is 1.67 bits per heavy atom. The van der Waals surface area contributed by atoms with Crippen LogP contribution in [0, 0.1) is 6.92 Å². The summed E-state index contributed by atoms with van der Waals surface area (Å²) in [4.78, 5) is 16.1. The molecule has 2 aromatic carbocycles. The molecule has 24 heavy (non-hydrogen) atoms. The fraction of sp³-hybridized carbons (Fsp3) is 0.211. The van der Waals surface area contributed by atoms with Crippen molar-refractivity contribution in [3.05, 3.63) is 63.9 Å². The zero-order chi connectivity index (χ0) is 17.1. The lowest BCUT2D eigenvalue weighted by molar-refractivity contribution is 0.415. The van der Waals surface area contributed by atoms with Gasteiger partial charge in [-0.3, -0.25) is 4.79 Å². The predicted molar refractivity (Wildman–Crippen MR) is 96.2 cm³/mol. The first-order valence-electron chi connectivity index (χ1n) is 7.70. The van der Waals surface area contributed by atoms with Crippen LogP contribution in [0.2, 0.25) is 0 Å². The van der Waals surface area contributed by atoms with Crippen LogP contribution in [0.15, 0.2) is 47.3 Å². The second kappa shape index (κ2) is 6.66. The maximum absolute atomic E-state index is 12.8. The Morgan fingerprint density at radius 3 is 2.33 bits per heavy atom. The van der Waals surface area contributed by atoms with Gasteiger partial charge in [0.05, 0.1) is 14.2 Å². The lowest BCUT2D eigenvalue weighted by Gasteiger charge is -2.11. The number of aromatic nitrogens is 1. The van der Waals surface area contributed by atoms with Gasteiger partial charge >= 0.3 is 0 Å². The fourth-order valence-corrected chi connectivity index (χ4v) is 2.67. The summed E-state index contributed by atoms with van der Waals surface area (Å²) in [6, 6.07) is 13.1. The first-order chi connectivity index (χ1) is 11.6. The first kappa shape index (κ1) is 15.9. The molecule has 5 heteroatoms. The van der Waals surface area contributed by atoms with Gasteiger partial charge in [0, 0.05) is 34.4 Å². The Kier molecular flexibility index (Phi) is 4.42. The number of nitrogens with one attached hydrogen (secondary N) is 2. The van der Waals surface area contributed by atoms with Crippen molar-refractivity contribution in [2.45, 2.75) is 13.5 Å². The van der Waals surface area contributed by atoms with Gasteiger partial charge in [-0.1, -0.05) is 0 Å². The van der Waals surface area contributed by atoms with E-state index in [0.29, 0.717) is 23.2 Å². The molecular weight excluding hydrogens is 304 g/mol. The van der Waals surface area contributed by atoms with Crippen molar-refractivity contribution in [1.29, 1.82) is 0 Å². The van der Waals surface area contributed by atoms with E-state index in [1.807, 2.05) is 43.3 Å². The minimum Gasteiger partial charge on any atom is -0.497 e. The number of benzene rings is 2. The molecule has 0 spiro atoms. The molecule has 3 rings (SSSR count). The molecule has 0 fully saturated rings. The summed E-state index contributed by atoms with van der Waals surface area (Å²) in [5.41, 5.74) is 3.33. The summed E-state index contributed by atoms with van der Waals surface area (Å²) < 4.78 is 10.4. The zero-order valence-corrected chi connectivity index (χ0v) is 14.0. The standard InChI is InChI=1S/C19H20N2O3/c1-12-17(11-20-13-4-6-14(23-2)7-5-13)19(22)16-10-15(24-3)8-9-18(16)21-12/h4-10,20H,11H2,1-3H3,(H,21,22). The molecule has 5 nitrogen and oxygen atoms in total. The van der Waals surface area contributed by atoms with Gasteiger partial charge in [-0.2, -0.15) is 0 Å². The number of hydrogen-bond donors (Lipinski definition) is 2. The number of methoxy groups -OCH3 is 2. The van der Waals surface area contributed by atoms with Gasteiger partial charge in [0.25, 0.3) is 0 Å². The van der Waals surface area contributed by atoms with Crippen molar-refractivity contribution in [3.8, 4) is 11.5 Å². The Labute approximate surface area is 140 Å². The lowest BCUT2D eigenvalue weighted by Crippen LogP contribution is -2.16. The summed E-state index contributed by atoms with van der Waals surface area (Å²) in [5, 5.41) is 3.91. The summed E-state index contributed by atoms with van der Waals surface area (Å²) in [6.07, 6.45) is 0. The van der Waals surface area contributed by atoms with Crippen molar-refractivity contribution >= 4 is 16.6 Å². The largest absolute Gasteiger partial charge is 0.497 e. The Balaban J connectivity index is 1.91. The Morgan fingerprint density at radius 1 is 1.00 bits per heavy atom. The van der Waals surface area contributed by atoms with Gasteiger partial charge in [0.15, 0.2) is 5.43 Å². The first-order valence-corrected chi connectivity index (χ1v) is 7.70. The number of hydrogen-bond acceptors (Lipinski definition) is 4. The number of H-pyrrole nitrogens is 1. The molecular formula is C19H20N2O3. The highest BCUT2D eigenvalue weighted by Crippen LogP contribution is 2.19. The summed E-state index contributed by atoms with van der Waals surface area (Å²) >= 11 is 0. The molecule has 0 unspecified atom stereocenters. The molecule has 0 saturated heterocycles. The van der Waals surface area contributed by atoms with Crippen molar-refractivity contribution < 1.29 is 9.47 Å². The van der Waals surface area contributed by atoms with Crippen molar-refractivity contribution in [3.63, 3.8) is 0 Å². The lowest BCUT2D eigenvalue weighted by atomic mass is 10.1. The van der Waals surface area contributed by atoms with E-state index in [4.69, 9.17) is 9.47 Å². The highest BCUT2D eigenvalue weighted by molar-refractivity contribution is 5.81. The minimum absolute atomic E-state index is 0.0150. The minimum atomic E-state index is 0.0150. The van der Waals surface area contributed by atoms with Crippen molar-refractivity contribution in [1.82, 2.24) is 4.98 Å². The van der Waals surface area contributed by atoms with Crippen LogP contribution < -0.4 is 20.2 Å². The van der Waals surface area contributed by atoms with Gasteiger partial charge in [0.2, 0.25) is 0 Å². The smallest absolute Gasteiger partial charge is 0.194 e. The molecule has 0 aliphatic heterocycles. The van der Waals surface area contributed by atoms with Gasteiger partial charge in [-0.05, 0) is 49.4 Å². The number of fused-ring (bicyclic) bond motifs is 1. The van der Waals surface area contributed by atoms with Gasteiger partial charge in [-0.25, -0.2) is 0 Å². The summed E-state index contributed by atoms with van der Waals surface area (Å²) in [5.74, 6) is 1.47. The number of anilines is 1. The maximum Gasteiger partial charge on any atom is 0.194 e. The number of rotatable bonds is 5. The third-order valence-electron chi connectivity index (χ3n) is 4.08. The maximum atomic E-state index is 12.8. The molecule has 0 bridgehead atoms. The quantitative estimate of drug-likeness (QED) is 0.754.